The van der Waals surface area contributed by atoms with Crippen molar-refractivity contribution in [3.05, 3.63) is 260 Å². The van der Waals surface area contributed by atoms with Gasteiger partial charge in [0.2, 0.25) is 0 Å². The predicted molar refractivity (Wildman–Crippen MR) is 333 cm³/mol. The summed E-state index contributed by atoms with van der Waals surface area (Å²) in [5.41, 5.74) is 11.4. The van der Waals surface area contributed by atoms with E-state index in [0.717, 1.165) is 119 Å². The van der Waals surface area contributed by atoms with Gasteiger partial charge in [0.1, 0.15) is 45.3 Å². The molecule has 2 aromatic heterocycles. The Hall–Kier alpha value is -7.52. The third-order valence-corrected chi connectivity index (χ3v) is 16.1. The van der Waals surface area contributed by atoms with Gasteiger partial charge in [0.15, 0.2) is 0 Å². The van der Waals surface area contributed by atoms with Crippen molar-refractivity contribution >= 4 is 144 Å². The van der Waals surface area contributed by atoms with Gasteiger partial charge in [0.05, 0.1) is 8.95 Å². The molecule has 12 aromatic carbocycles. The standard InChI is InChI=1S/C34H20Br2Cl2O2.C34H18Cl2O2/c35-29-13-11-25(37)19-33(29)39-31-17-24-16-28(22-9-5-2-6-10-22)32(40-34-20-26(38)12-14-30(34)36)18-23(24)15-27(31)21-7-3-1-4-8-21;35-21-11-13-23-29(15-21)37-33-25(19-7-3-1-4-8-19)17-27-28(31(23)33)18-26(20-9-5-2-6-10-20)34-32(27)24-14-12-22(36)16-30(24)38-34/h1-20H;1-18H. The van der Waals surface area contributed by atoms with Crippen LogP contribution in [0.2, 0.25) is 20.1 Å². The van der Waals surface area contributed by atoms with Crippen molar-refractivity contribution in [2.24, 2.45) is 0 Å². The first-order chi connectivity index (χ1) is 38.1. The first kappa shape index (κ1) is 50.0. The fourth-order valence-corrected chi connectivity index (χ4v) is 11.5. The summed E-state index contributed by atoms with van der Waals surface area (Å²) in [7, 11) is 0. The maximum absolute atomic E-state index is 6.54. The van der Waals surface area contributed by atoms with Gasteiger partial charge in [0.25, 0.3) is 0 Å². The molecule has 0 saturated carbocycles. The molecule has 376 valence electrons. The molecule has 0 amide bonds. The minimum absolute atomic E-state index is 0.598. The van der Waals surface area contributed by atoms with E-state index in [-0.39, 0.29) is 0 Å². The van der Waals surface area contributed by atoms with Gasteiger partial charge in [-0.2, -0.15) is 0 Å². The van der Waals surface area contributed by atoms with Crippen molar-refractivity contribution in [3.63, 3.8) is 0 Å². The summed E-state index contributed by atoms with van der Waals surface area (Å²) < 4.78 is 27.7. The van der Waals surface area contributed by atoms with Crippen LogP contribution >= 0.6 is 78.3 Å². The molecule has 0 atom stereocenters. The van der Waals surface area contributed by atoms with Crippen molar-refractivity contribution in [1.82, 2.24) is 0 Å². The quantitative estimate of drug-likeness (QED) is 0.152. The lowest BCUT2D eigenvalue weighted by molar-refractivity contribution is 0.480. The van der Waals surface area contributed by atoms with Gasteiger partial charge in [-0.3, -0.25) is 0 Å². The molecule has 0 aliphatic carbocycles. The number of hydrogen-bond acceptors (Lipinski definition) is 4. The second kappa shape index (κ2) is 21.0. The highest BCUT2D eigenvalue weighted by molar-refractivity contribution is 9.11. The van der Waals surface area contributed by atoms with E-state index in [2.05, 4.69) is 129 Å². The molecule has 78 heavy (non-hydrogen) atoms. The average molecular weight is 1220 g/mol. The number of halogens is 6. The van der Waals surface area contributed by atoms with Crippen LogP contribution in [0.5, 0.6) is 23.0 Å². The van der Waals surface area contributed by atoms with Crippen LogP contribution < -0.4 is 9.47 Å². The van der Waals surface area contributed by atoms with E-state index < -0.39 is 0 Å². The molecule has 0 spiro atoms. The highest BCUT2D eigenvalue weighted by atomic mass is 79.9. The maximum Gasteiger partial charge on any atom is 0.143 e. The normalized spacial score (nSPS) is 11.5. The largest absolute Gasteiger partial charge is 0.455 e. The summed E-state index contributed by atoms with van der Waals surface area (Å²) >= 11 is 32.6. The van der Waals surface area contributed by atoms with Crippen LogP contribution in [-0.4, -0.2) is 0 Å². The first-order valence-corrected chi connectivity index (χ1v) is 27.9. The number of fused-ring (bicyclic) bond motifs is 10. The van der Waals surface area contributed by atoms with Crippen LogP contribution in [0, 0.1) is 0 Å². The van der Waals surface area contributed by atoms with Gasteiger partial charge < -0.3 is 18.3 Å². The summed E-state index contributed by atoms with van der Waals surface area (Å²) in [4.78, 5) is 0. The molecule has 4 nitrogen and oxygen atoms in total. The average Bonchev–Trinajstić information content (AvgIpc) is 4.24. The number of furan rings is 2. The zero-order valence-electron chi connectivity index (χ0n) is 40.8. The van der Waals surface area contributed by atoms with Gasteiger partial charge in [-0.15, -0.1) is 0 Å². The second-order valence-electron chi connectivity index (χ2n) is 18.7. The van der Waals surface area contributed by atoms with Gasteiger partial charge in [-0.1, -0.05) is 168 Å². The van der Waals surface area contributed by atoms with Crippen molar-refractivity contribution in [1.29, 1.82) is 0 Å². The Morgan fingerprint density at radius 3 is 1.00 bits per heavy atom. The summed E-state index contributed by atoms with van der Waals surface area (Å²) in [6.45, 7) is 0. The summed E-state index contributed by atoms with van der Waals surface area (Å²) in [6, 6.07) is 76.7. The lowest BCUT2D eigenvalue weighted by Gasteiger charge is -2.18. The molecule has 0 saturated heterocycles. The first-order valence-electron chi connectivity index (χ1n) is 24.8. The van der Waals surface area contributed by atoms with Crippen LogP contribution in [0.3, 0.4) is 0 Å². The molecule has 0 fully saturated rings. The van der Waals surface area contributed by atoms with E-state index in [1.165, 1.54) is 0 Å². The zero-order valence-corrected chi connectivity index (χ0v) is 47.0. The molecule has 10 heteroatoms. The molecule has 0 aliphatic heterocycles. The minimum Gasteiger partial charge on any atom is -0.455 e. The van der Waals surface area contributed by atoms with Crippen LogP contribution in [-0.2, 0) is 0 Å². The van der Waals surface area contributed by atoms with Gasteiger partial charge >= 0.3 is 0 Å². The van der Waals surface area contributed by atoms with Crippen molar-refractivity contribution in [3.8, 4) is 67.5 Å². The molecule has 0 radical (unpaired) electrons. The van der Waals surface area contributed by atoms with Crippen LogP contribution in [0.15, 0.2) is 248 Å². The topological polar surface area (TPSA) is 44.7 Å². The van der Waals surface area contributed by atoms with E-state index in [9.17, 15) is 0 Å². The van der Waals surface area contributed by atoms with E-state index >= 15 is 0 Å². The monoisotopic (exact) mass is 1220 g/mol. The lowest BCUT2D eigenvalue weighted by atomic mass is 9.91. The van der Waals surface area contributed by atoms with Crippen LogP contribution in [0.4, 0.5) is 0 Å². The van der Waals surface area contributed by atoms with E-state index in [1.807, 2.05) is 121 Å². The summed E-state index contributed by atoms with van der Waals surface area (Å²) in [5, 5.41) is 10.9. The van der Waals surface area contributed by atoms with Crippen molar-refractivity contribution in [2.45, 2.75) is 0 Å². The Morgan fingerprint density at radius 1 is 0.295 bits per heavy atom. The van der Waals surface area contributed by atoms with Gasteiger partial charge in [-0.25, -0.2) is 0 Å². The van der Waals surface area contributed by atoms with Crippen molar-refractivity contribution < 1.29 is 18.3 Å². The Labute approximate surface area is 485 Å². The molecule has 14 rings (SSSR count). The van der Waals surface area contributed by atoms with Gasteiger partial charge in [-0.05, 0) is 161 Å². The van der Waals surface area contributed by atoms with E-state index in [1.54, 1.807) is 12.1 Å². The predicted octanol–water partition coefficient (Wildman–Crippen LogP) is 23.9. The third kappa shape index (κ3) is 9.57. The molecule has 14 aromatic rings. The maximum atomic E-state index is 6.54. The van der Waals surface area contributed by atoms with Gasteiger partial charge in [0, 0.05) is 88.2 Å². The molecule has 0 bridgehead atoms. The summed E-state index contributed by atoms with van der Waals surface area (Å²) in [5.74, 6) is 2.70. The Morgan fingerprint density at radius 2 is 0.628 bits per heavy atom. The number of benzene rings is 12. The molecular weight excluding hydrogens is 1180 g/mol. The van der Waals surface area contributed by atoms with E-state index in [4.69, 9.17) is 64.7 Å². The second-order valence-corrected chi connectivity index (χ2v) is 22.2. The van der Waals surface area contributed by atoms with Crippen molar-refractivity contribution in [2.75, 3.05) is 0 Å². The minimum atomic E-state index is 0.598. The smallest absolute Gasteiger partial charge is 0.143 e. The highest BCUT2D eigenvalue weighted by Crippen LogP contribution is 2.49. The Balaban J connectivity index is 0.000000148. The fraction of sp³-hybridized carbons (Fsp3) is 0. The SMILES string of the molecule is Clc1ccc(Br)c(Oc2cc3cc(-c4ccccc4)c(Oc4cc(Cl)ccc4Br)cc3cc2-c2ccccc2)c1.Clc1ccc2c(c1)oc1c(-c3ccccc3)cc3c(cc(-c4ccccc4)c4oc5cc(Cl)ccc5c43)c12. The molecular formula is C68H38Br2Cl4O4. The Kier molecular flexibility index (Phi) is 13.5. The number of rotatable bonds is 8. The number of ether oxygens (including phenoxy) is 2. The molecule has 0 N–H and O–H groups in total. The fourth-order valence-electron chi connectivity index (χ4n) is 10.2. The number of hydrogen-bond donors (Lipinski definition) is 0. The molecule has 0 unspecified atom stereocenters. The van der Waals surface area contributed by atoms with E-state index in [0.29, 0.717) is 43.1 Å². The summed E-state index contributed by atoms with van der Waals surface area (Å²) in [6.07, 6.45) is 0. The zero-order chi connectivity index (χ0) is 53.0. The lowest BCUT2D eigenvalue weighted by Crippen LogP contribution is -1.93. The van der Waals surface area contributed by atoms with Crippen LogP contribution in [0.25, 0.3) is 110 Å². The highest BCUT2D eigenvalue weighted by Gasteiger charge is 2.24. The van der Waals surface area contributed by atoms with Crippen LogP contribution in [0.1, 0.15) is 0 Å². The Bertz CT molecular complexity index is 4330. The third-order valence-electron chi connectivity index (χ3n) is 13.8. The molecule has 2 heterocycles. The molecule has 0 aliphatic rings.